The second-order valence-electron chi connectivity index (χ2n) is 13.1. The Morgan fingerprint density at radius 3 is 1.73 bits per heavy atom. The van der Waals surface area contributed by atoms with Gasteiger partial charge in [0.2, 0.25) is 24.6 Å². The van der Waals surface area contributed by atoms with E-state index in [1.54, 1.807) is 35.5 Å². The van der Waals surface area contributed by atoms with E-state index in [9.17, 15) is 0 Å². The summed E-state index contributed by atoms with van der Waals surface area (Å²) in [5.74, 6) is 6.67. The maximum Gasteiger partial charge on any atom is 0.231 e. The molecule has 0 saturated heterocycles. The molecule has 4 heterocycles. The Labute approximate surface area is 322 Å². The molecule has 10 rings (SSSR count). The summed E-state index contributed by atoms with van der Waals surface area (Å²) in [5, 5.41) is 10.7. The lowest BCUT2D eigenvalue weighted by atomic mass is 9.99. The van der Waals surface area contributed by atoms with Gasteiger partial charge in [-0.25, -0.2) is 0 Å². The number of hydrogen-bond donors (Lipinski definition) is 0. The van der Waals surface area contributed by atoms with Crippen LogP contribution in [0.15, 0.2) is 79.1 Å². The molecule has 55 heavy (non-hydrogen) atoms. The molecule has 280 valence electrons. The number of benzene rings is 6. The summed E-state index contributed by atoms with van der Waals surface area (Å²) >= 11 is 0. The van der Waals surface area contributed by atoms with Gasteiger partial charge in [0.25, 0.3) is 0 Å². The molecule has 0 bridgehead atoms. The molecular weight excluding hydrogens is 724 g/mol. The molecule has 0 fully saturated rings. The second-order valence-corrected chi connectivity index (χ2v) is 13.1. The zero-order chi connectivity index (χ0) is 37.2. The molecule has 0 saturated carbocycles. The molecule has 0 radical (unpaired) electrons. The lowest BCUT2D eigenvalue weighted by Gasteiger charge is -2.13. The number of aromatic nitrogens is 2. The molecule has 6 aromatic carbocycles. The fraction of sp³-hybridized carbons (Fsp3) is 0.209. The van der Waals surface area contributed by atoms with Crippen LogP contribution in [-0.4, -0.2) is 49.1 Å². The van der Waals surface area contributed by atoms with Gasteiger partial charge in [-0.05, 0) is 59.3 Å². The summed E-state index contributed by atoms with van der Waals surface area (Å²) in [4.78, 5) is 0. The zero-order valence-electron chi connectivity index (χ0n) is 31.4. The first-order valence-electron chi connectivity index (χ1n) is 17.3. The van der Waals surface area contributed by atoms with Crippen molar-refractivity contribution in [2.24, 2.45) is 14.1 Å². The minimum Gasteiger partial charge on any atom is -0.496 e. The van der Waals surface area contributed by atoms with Gasteiger partial charge in [-0.15, -0.1) is 12.4 Å². The highest BCUT2D eigenvalue weighted by atomic mass is 35.5. The molecule has 12 heteroatoms. The molecule has 0 N–H and O–H groups in total. The quantitative estimate of drug-likeness (QED) is 0.128. The Morgan fingerprint density at radius 1 is 0.455 bits per heavy atom. The van der Waals surface area contributed by atoms with Crippen molar-refractivity contribution in [2.75, 3.05) is 49.1 Å². The van der Waals surface area contributed by atoms with Crippen molar-refractivity contribution in [3.05, 3.63) is 79.1 Å². The van der Waals surface area contributed by atoms with Crippen molar-refractivity contribution in [1.82, 2.24) is 0 Å². The van der Waals surface area contributed by atoms with E-state index in [0.717, 1.165) is 99.4 Å². The van der Waals surface area contributed by atoms with Gasteiger partial charge in [0.1, 0.15) is 19.8 Å². The fourth-order valence-electron chi connectivity index (χ4n) is 7.95. The number of pyridine rings is 2. The fourth-order valence-corrected chi connectivity index (χ4v) is 7.95. The van der Waals surface area contributed by atoms with E-state index in [1.807, 2.05) is 44.4 Å². The minimum absolute atomic E-state index is 0. The van der Waals surface area contributed by atoms with Crippen LogP contribution < -0.4 is 51.8 Å². The van der Waals surface area contributed by atoms with E-state index in [1.165, 1.54) is 0 Å². The van der Waals surface area contributed by atoms with E-state index in [0.29, 0.717) is 17.2 Å². The number of methoxy groups -OCH3 is 5. The van der Waals surface area contributed by atoms with Gasteiger partial charge in [-0.1, -0.05) is 12.1 Å². The topological polar surface area (TPSA) is 90.8 Å². The lowest BCUT2D eigenvalue weighted by molar-refractivity contribution is -0.642. The zero-order valence-corrected chi connectivity index (χ0v) is 32.2. The lowest BCUT2D eigenvalue weighted by Crippen LogP contribution is -2.28. The molecule has 0 unspecified atom stereocenters. The van der Waals surface area contributed by atoms with Crippen molar-refractivity contribution >= 4 is 77.3 Å². The normalized spacial score (nSPS) is 12.6. The molecule has 2 aliphatic heterocycles. The molecule has 2 aromatic heterocycles. The van der Waals surface area contributed by atoms with Gasteiger partial charge in [-0.2, -0.15) is 9.13 Å². The van der Waals surface area contributed by atoms with Crippen LogP contribution in [0.25, 0.3) is 64.9 Å². The Morgan fingerprint density at radius 2 is 1.02 bits per heavy atom. The number of nitrogens with zero attached hydrogens (tertiary/aromatic N) is 2. The van der Waals surface area contributed by atoms with Crippen LogP contribution in [0.4, 0.5) is 0 Å². The van der Waals surface area contributed by atoms with Gasteiger partial charge in [-0.3, -0.25) is 0 Å². The Balaban J connectivity index is 0.000000153. The Hall–Kier alpha value is -6.33. The summed E-state index contributed by atoms with van der Waals surface area (Å²) in [7, 11) is 12.4. The van der Waals surface area contributed by atoms with Crippen molar-refractivity contribution in [3.63, 3.8) is 0 Å². The van der Waals surface area contributed by atoms with Crippen LogP contribution in [0.5, 0.6) is 51.7 Å². The third-order valence-corrected chi connectivity index (χ3v) is 10.4. The third-order valence-electron chi connectivity index (χ3n) is 10.4. The first kappa shape index (κ1) is 35.7. The molecule has 0 atom stereocenters. The predicted molar refractivity (Wildman–Crippen MR) is 213 cm³/mol. The number of rotatable bonds is 5. The molecule has 0 amide bonds. The van der Waals surface area contributed by atoms with Gasteiger partial charge >= 0.3 is 0 Å². The number of aryl methyl sites for hydroxylation is 2. The first-order chi connectivity index (χ1) is 26.4. The second kappa shape index (κ2) is 13.8. The van der Waals surface area contributed by atoms with Crippen LogP contribution in [0.3, 0.4) is 0 Å². The Bertz CT molecular complexity index is 2860. The molecular formula is C43H39ClN2O9+2. The number of ether oxygens (including phenoxy) is 9. The maximum absolute atomic E-state index is 5.74. The highest BCUT2D eigenvalue weighted by Crippen LogP contribution is 2.47. The monoisotopic (exact) mass is 762 g/mol. The van der Waals surface area contributed by atoms with Crippen LogP contribution in [0.2, 0.25) is 0 Å². The number of hydrogen-bond acceptors (Lipinski definition) is 9. The molecule has 11 nitrogen and oxygen atoms in total. The van der Waals surface area contributed by atoms with Crippen LogP contribution in [0.1, 0.15) is 0 Å². The average Bonchev–Trinajstić information content (AvgIpc) is 3.88. The van der Waals surface area contributed by atoms with Crippen LogP contribution >= 0.6 is 12.4 Å². The van der Waals surface area contributed by atoms with Gasteiger partial charge in [0, 0.05) is 16.8 Å². The van der Waals surface area contributed by atoms with E-state index in [-0.39, 0.29) is 26.0 Å². The van der Waals surface area contributed by atoms with E-state index < -0.39 is 0 Å². The summed E-state index contributed by atoms with van der Waals surface area (Å²) < 4.78 is 54.4. The predicted octanol–water partition coefficient (Wildman–Crippen LogP) is 7.86. The number of halogens is 1. The number of fused-ring (bicyclic) bond motifs is 13. The van der Waals surface area contributed by atoms with Crippen molar-refractivity contribution in [2.45, 2.75) is 0 Å². The molecule has 2 aliphatic rings. The van der Waals surface area contributed by atoms with E-state index in [2.05, 4.69) is 57.9 Å². The first-order valence-corrected chi connectivity index (χ1v) is 17.3. The highest BCUT2D eigenvalue weighted by Gasteiger charge is 2.27. The van der Waals surface area contributed by atoms with Crippen LogP contribution in [0, 0.1) is 0 Å². The van der Waals surface area contributed by atoms with Crippen molar-refractivity contribution in [1.29, 1.82) is 0 Å². The highest BCUT2D eigenvalue weighted by molar-refractivity contribution is 6.18. The summed E-state index contributed by atoms with van der Waals surface area (Å²) in [5.41, 5.74) is 2.21. The molecule has 0 spiro atoms. The minimum atomic E-state index is 0. The van der Waals surface area contributed by atoms with Crippen molar-refractivity contribution < 1.29 is 51.8 Å². The average molecular weight is 763 g/mol. The van der Waals surface area contributed by atoms with Gasteiger partial charge in [0.05, 0.1) is 67.9 Å². The Kier molecular flexibility index (Phi) is 8.97. The largest absolute Gasteiger partial charge is 0.496 e. The van der Waals surface area contributed by atoms with Gasteiger partial charge < -0.3 is 42.6 Å². The third kappa shape index (κ3) is 5.48. The van der Waals surface area contributed by atoms with E-state index >= 15 is 0 Å². The summed E-state index contributed by atoms with van der Waals surface area (Å²) in [6.45, 7) is 0.490. The molecule has 0 aliphatic carbocycles. The van der Waals surface area contributed by atoms with Gasteiger partial charge in [0.15, 0.2) is 58.4 Å². The van der Waals surface area contributed by atoms with E-state index in [4.69, 9.17) is 42.6 Å². The SMILES string of the molecule is COc1cc2ccc3c4c(OC)cc5c(c4c[n+](C)c3c2cc1OC)OCO5.COc1ccc2c(c[n+](C)c3c4cc5c(cc4ccc23)OCO5)c1OC.Cl. The van der Waals surface area contributed by atoms with Crippen LogP contribution in [-0.2, 0) is 14.1 Å². The summed E-state index contributed by atoms with van der Waals surface area (Å²) in [6.07, 6.45) is 4.15. The molecule has 8 aromatic rings. The smallest absolute Gasteiger partial charge is 0.231 e. The van der Waals surface area contributed by atoms with Crippen molar-refractivity contribution in [3.8, 4) is 51.7 Å². The maximum atomic E-state index is 5.74. The standard InChI is InChI=1S/C22H20NO5.C21H18NO4.ClH/c1-23-10-15-20(18(26-4)9-19-22(15)28-11-27-19)13-6-5-12-7-16(24-2)17(25-3)8-14(12)21(13)23;1-22-10-16-13(6-7-17(23-2)21(16)24-3)14-5-4-12-8-18-19(26-11-25-18)9-15(12)20(14)22;/h5-10H,11H2,1-4H3;4-10H,11H2,1-3H3;1H/q2*+1;. The summed E-state index contributed by atoms with van der Waals surface area (Å²) in [6, 6.07) is 22.5.